The summed E-state index contributed by atoms with van der Waals surface area (Å²) in [6, 6.07) is 4.08. The molecule has 1 aromatic carbocycles. The van der Waals surface area contributed by atoms with E-state index in [0.717, 1.165) is 4.90 Å². The zero-order valence-corrected chi connectivity index (χ0v) is 16.3. The van der Waals surface area contributed by atoms with E-state index in [2.05, 4.69) is 10.6 Å². The summed E-state index contributed by atoms with van der Waals surface area (Å²) in [6.07, 6.45) is 0.208. The number of carbonyl (C=O) groups excluding carboxylic acids is 4. The van der Waals surface area contributed by atoms with Crippen molar-refractivity contribution in [1.82, 2.24) is 10.2 Å². The number of urea groups is 1. The number of halogens is 2. The van der Waals surface area contributed by atoms with Crippen LogP contribution in [0.4, 0.5) is 10.5 Å². The minimum atomic E-state index is -0.944. The molecule has 1 aromatic rings. The quantitative estimate of drug-likeness (QED) is 0.525. The van der Waals surface area contributed by atoms with Gasteiger partial charge in [0.05, 0.1) is 10.0 Å². The highest BCUT2D eigenvalue weighted by molar-refractivity contribution is 6.42. The van der Waals surface area contributed by atoms with Crippen LogP contribution in [0.5, 0.6) is 0 Å². The van der Waals surface area contributed by atoms with Crippen molar-refractivity contribution in [1.29, 1.82) is 0 Å². The van der Waals surface area contributed by atoms with E-state index >= 15 is 0 Å². The van der Waals surface area contributed by atoms with E-state index in [1.807, 2.05) is 0 Å². The second kappa shape index (κ2) is 8.58. The fraction of sp³-hybridized carbons (Fsp3) is 0.412. The molecule has 0 atom stereocenters. The van der Waals surface area contributed by atoms with Crippen molar-refractivity contribution in [3.63, 3.8) is 0 Å². The summed E-state index contributed by atoms with van der Waals surface area (Å²) in [5, 5.41) is 5.72. The van der Waals surface area contributed by atoms with E-state index in [9.17, 15) is 19.2 Å². The zero-order chi connectivity index (χ0) is 20.2. The Labute approximate surface area is 166 Å². The topological polar surface area (TPSA) is 105 Å². The molecule has 0 aliphatic carbocycles. The van der Waals surface area contributed by atoms with Gasteiger partial charge in [-0.15, -0.1) is 0 Å². The Hall–Kier alpha value is -2.32. The molecule has 0 radical (unpaired) electrons. The summed E-state index contributed by atoms with van der Waals surface area (Å²) in [4.78, 5) is 48.3. The lowest BCUT2D eigenvalue weighted by Crippen LogP contribution is -2.40. The number of amides is 4. The van der Waals surface area contributed by atoms with Crippen LogP contribution in [-0.2, 0) is 19.1 Å². The number of anilines is 1. The number of rotatable bonds is 7. The van der Waals surface area contributed by atoms with Gasteiger partial charge in [0.25, 0.3) is 11.8 Å². The van der Waals surface area contributed by atoms with E-state index in [-0.39, 0.29) is 30.3 Å². The minimum Gasteiger partial charge on any atom is -0.456 e. The minimum absolute atomic E-state index is 0.0302. The molecule has 2 rings (SSSR count). The number of hydrogen-bond acceptors (Lipinski definition) is 5. The van der Waals surface area contributed by atoms with E-state index < -0.39 is 30.1 Å². The van der Waals surface area contributed by atoms with Crippen molar-refractivity contribution in [3.05, 3.63) is 28.2 Å². The van der Waals surface area contributed by atoms with Crippen molar-refractivity contribution < 1.29 is 23.9 Å². The average molecular weight is 416 g/mol. The van der Waals surface area contributed by atoms with Crippen molar-refractivity contribution in [2.75, 3.05) is 18.5 Å². The van der Waals surface area contributed by atoms with E-state index in [1.165, 1.54) is 12.1 Å². The highest BCUT2D eigenvalue weighted by Crippen LogP contribution is 2.25. The van der Waals surface area contributed by atoms with Crippen LogP contribution in [0.1, 0.15) is 26.7 Å². The van der Waals surface area contributed by atoms with Crippen molar-refractivity contribution >= 4 is 52.7 Å². The van der Waals surface area contributed by atoms with Crippen LogP contribution in [-0.4, -0.2) is 47.4 Å². The molecule has 0 spiro atoms. The van der Waals surface area contributed by atoms with Crippen LogP contribution in [0.2, 0.25) is 10.0 Å². The molecule has 10 heteroatoms. The predicted molar refractivity (Wildman–Crippen MR) is 99.6 cm³/mol. The second-order valence-corrected chi connectivity index (χ2v) is 7.27. The number of esters is 1. The Morgan fingerprint density at radius 1 is 1.22 bits per heavy atom. The fourth-order valence-corrected chi connectivity index (χ4v) is 2.69. The average Bonchev–Trinajstić information content (AvgIpc) is 2.78. The first kappa shape index (κ1) is 21.0. The van der Waals surface area contributed by atoms with Gasteiger partial charge in [0.1, 0.15) is 5.54 Å². The monoisotopic (exact) mass is 415 g/mol. The van der Waals surface area contributed by atoms with Gasteiger partial charge >= 0.3 is 12.0 Å². The summed E-state index contributed by atoms with van der Waals surface area (Å²) >= 11 is 11.6. The van der Waals surface area contributed by atoms with Crippen molar-refractivity contribution in [2.24, 2.45) is 0 Å². The Kier molecular flexibility index (Phi) is 6.67. The van der Waals surface area contributed by atoms with Gasteiger partial charge < -0.3 is 15.4 Å². The Morgan fingerprint density at radius 2 is 1.93 bits per heavy atom. The summed E-state index contributed by atoms with van der Waals surface area (Å²) in [6.45, 7) is 2.84. The van der Waals surface area contributed by atoms with E-state index in [0.29, 0.717) is 10.7 Å². The zero-order valence-electron chi connectivity index (χ0n) is 14.8. The standard InChI is InChI=1S/C17H19Cl2N3O5/c1-17(2)15(25)22(16(26)21-17)7-3-4-14(24)27-9-13(23)20-10-5-6-11(18)12(19)8-10/h5-6,8H,3-4,7,9H2,1-2H3,(H,20,23)(H,21,26). The van der Waals surface area contributed by atoms with Crippen LogP contribution < -0.4 is 10.6 Å². The molecule has 1 aliphatic heterocycles. The molecule has 1 fully saturated rings. The second-order valence-electron chi connectivity index (χ2n) is 6.45. The lowest BCUT2D eigenvalue weighted by Gasteiger charge is -2.15. The van der Waals surface area contributed by atoms with Crippen LogP contribution in [0, 0.1) is 0 Å². The molecule has 1 saturated heterocycles. The van der Waals surface area contributed by atoms with Gasteiger partial charge in [-0.25, -0.2) is 4.79 Å². The first-order chi connectivity index (χ1) is 12.6. The first-order valence-electron chi connectivity index (χ1n) is 8.15. The van der Waals surface area contributed by atoms with Gasteiger partial charge in [0.15, 0.2) is 6.61 Å². The SMILES string of the molecule is CC1(C)NC(=O)N(CCCC(=O)OCC(=O)Nc2ccc(Cl)c(Cl)c2)C1=O. The van der Waals surface area contributed by atoms with E-state index in [1.54, 1.807) is 19.9 Å². The smallest absolute Gasteiger partial charge is 0.325 e. The van der Waals surface area contributed by atoms with E-state index in [4.69, 9.17) is 27.9 Å². The normalized spacial score (nSPS) is 15.5. The number of hydrogen-bond donors (Lipinski definition) is 2. The third-order valence-corrected chi connectivity index (χ3v) is 4.51. The Balaban J connectivity index is 1.70. The number of imide groups is 1. The molecule has 0 aromatic heterocycles. The molecule has 1 heterocycles. The van der Waals surface area contributed by atoms with Gasteiger partial charge in [0, 0.05) is 18.7 Å². The van der Waals surface area contributed by atoms with Crippen molar-refractivity contribution in [2.45, 2.75) is 32.2 Å². The van der Waals surface area contributed by atoms with Gasteiger partial charge in [-0.3, -0.25) is 19.3 Å². The Morgan fingerprint density at radius 3 is 2.52 bits per heavy atom. The van der Waals surface area contributed by atoms with Crippen LogP contribution in [0.15, 0.2) is 18.2 Å². The molecule has 1 aliphatic rings. The Bertz CT molecular complexity index is 782. The molecule has 4 amide bonds. The van der Waals surface area contributed by atoms with Crippen LogP contribution in [0.3, 0.4) is 0 Å². The lowest BCUT2D eigenvalue weighted by molar-refractivity contribution is -0.147. The maximum Gasteiger partial charge on any atom is 0.325 e. The van der Waals surface area contributed by atoms with Crippen LogP contribution in [0.25, 0.3) is 0 Å². The predicted octanol–water partition coefficient (Wildman–Crippen LogP) is 2.59. The molecule has 8 nitrogen and oxygen atoms in total. The van der Waals surface area contributed by atoms with Gasteiger partial charge in [-0.05, 0) is 38.5 Å². The molecule has 146 valence electrons. The lowest BCUT2D eigenvalue weighted by atomic mass is 10.1. The van der Waals surface area contributed by atoms with Gasteiger partial charge in [0.2, 0.25) is 0 Å². The van der Waals surface area contributed by atoms with Crippen LogP contribution >= 0.6 is 23.2 Å². The van der Waals surface area contributed by atoms with Gasteiger partial charge in [-0.2, -0.15) is 0 Å². The largest absolute Gasteiger partial charge is 0.456 e. The molecule has 2 N–H and O–H groups in total. The highest BCUT2D eigenvalue weighted by atomic mass is 35.5. The van der Waals surface area contributed by atoms with Crippen molar-refractivity contribution in [3.8, 4) is 0 Å². The summed E-state index contributed by atoms with van der Waals surface area (Å²) in [5.41, 5.74) is -0.521. The molecular formula is C17H19Cl2N3O5. The maximum atomic E-state index is 12.0. The third kappa shape index (κ3) is 5.58. The third-order valence-electron chi connectivity index (χ3n) is 3.77. The summed E-state index contributed by atoms with van der Waals surface area (Å²) < 4.78 is 4.88. The maximum absolute atomic E-state index is 12.0. The molecule has 27 heavy (non-hydrogen) atoms. The highest BCUT2D eigenvalue weighted by Gasteiger charge is 2.43. The number of nitrogens with one attached hydrogen (secondary N) is 2. The molecular weight excluding hydrogens is 397 g/mol. The van der Waals surface area contributed by atoms with Gasteiger partial charge in [-0.1, -0.05) is 23.2 Å². The molecule has 0 saturated carbocycles. The fourth-order valence-electron chi connectivity index (χ4n) is 2.39. The molecule has 0 bridgehead atoms. The summed E-state index contributed by atoms with van der Waals surface area (Å²) in [5.74, 6) is -1.48. The number of carbonyl (C=O) groups is 4. The summed E-state index contributed by atoms with van der Waals surface area (Å²) in [7, 11) is 0. The number of ether oxygens (including phenoxy) is 1. The molecule has 0 unspecified atom stereocenters. The number of nitrogens with zero attached hydrogens (tertiary/aromatic N) is 1. The number of benzene rings is 1. The first-order valence-corrected chi connectivity index (χ1v) is 8.90.